The van der Waals surface area contributed by atoms with Gasteiger partial charge in [-0.2, -0.15) is 0 Å². The van der Waals surface area contributed by atoms with E-state index in [9.17, 15) is 4.79 Å². The van der Waals surface area contributed by atoms with Crippen molar-refractivity contribution in [2.75, 3.05) is 19.5 Å². The van der Waals surface area contributed by atoms with Crippen molar-refractivity contribution in [3.8, 4) is 5.75 Å². The van der Waals surface area contributed by atoms with Gasteiger partial charge in [-0.25, -0.2) is 0 Å². The Bertz CT molecular complexity index is 626. The van der Waals surface area contributed by atoms with Crippen molar-refractivity contribution in [2.24, 2.45) is 0 Å². The number of carbonyl (C=O) groups is 1. The first-order chi connectivity index (χ1) is 10.1. The molecule has 0 aliphatic rings. The summed E-state index contributed by atoms with van der Waals surface area (Å²) in [6.07, 6.45) is 0. The van der Waals surface area contributed by atoms with Crippen molar-refractivity contribution in [3.05, 3.63) is 58.6 Å². The summed E-state index contributed by atoms with van der Waals surface area (Å²) in [5.41, 5.74) is 2.10. The van der Waals surface area contributed by atoms with Crippen molar-refractivity contribution in [1.29, 1.82) is 0 Å². The molecule has 1 amide bonds. The molecule has 0 fully saturated rings. The molecule has 0 spiro atoms. The van der Waals surface area contributed by atoms with Gasteiger partial charge in [0, 0.05) is 17.7 Å². The highest BCUT2D eigenvalue weighted by Gasteiger charge is 2.10. The zero-order chi connectivity index (χ0) is 15.2. The molecule has 0 bridgehead atoms. The lowest BCUT2D eigenvalue weighted by atomic mass is 10.1. The first-order valence-corrected chi connectivity index (χ1v) is 6.74. The van der Waals surface area contributed by atoms with Gasteiger partial charge in [-0.3, -0.25) is 4.79 Å². The van der Waals surface area contributed by atoms with Crippen LogP contribution in [0.15, 0.2) is 42.5 Å². The van der Waals surface area contributed by atoms with Crippen LogP contribution in [0.5, 0.6) is 5.75 Å². The van der Waals surface area contributed by atoms with E-state index in [1.165, 1.54) is 0 Å². The molecule has 4 nitrogen and oxygen atoms in total. The number of benzene rings is 2. The Morgan fingerprint density at radius 2 is 1.86 bits per heavy atom. The number of hydrogen-bond donors (Lipinski definition) is 1. The lowest BCUT2D eigenvalue weighted by molar-refractivity contribution is 0.102. The number of methoxy groups -OCH3 is 2. The van der Waals surface area contributed by atoms with E-state index < -0.39 is 0 Å². The minimum atomic E-state index is -0.223. The van der Waals surface area contributed by atoms with Gasteiger partial charge < -0.3 is 14.8 Å². The molecule has 0 heterocycles. The highest BCUT2D eigenvalue weighted by atomic mass is 35.5. The molecule has 1 N–H and O–H groups in total. The Kier molecular flexibility index (Phi) is 5.20. The van der Waals surface area contributed by atoms with Crippen molar-refractivity contribution < 1.29 is 14.3 Å². The molecule has 110 valence electrons. The molecular weight excluding hydrogens is 290 g/mol. The molecule has 0 atom stereocenters. The van der Waals surface area contributed by atoms with Gasteiger partial charge >= 0.3 is 0 Å². The molecule has 2 aromatic rings. The number of nitrogens with one attached hydrogen (secondary N) is 1. The third-order valence-electron chi connectivity index (χ3n) is 2.94. The maximum absolute atomic E-state index is 12.2. The minimum Gasteiger partial charge on any atom is -0.495 e. The van der Waals surface area contributed by atoms with Crippen LogP contribution in [0.1, 0.15) is 15.9 Å². The van der Waals surface area contributed by atoms with E-state index >= 15 is 0 Å². The fourth-order valence-corrected chi connectivity index (χ4v) is 2.06. The molecule has 0 aromatic heterocycles. The maximum Gasteiger partial charge on any atom is 0.255 e. The molecule has 5 heteroatoms. The molecule has 0 aliphatic carbocycles. The number of anilines is 1. The van der Waals surface area contributed by atoms with Crippen LogP contribution >= 0.6 is 11.6 Å². The van der Waals surface area contributed by atoms with Gasteiger partial charge in [0.2, 0.25) is 0 Å². The van der Waals surface area contributed by atoms with Gasteiger partial charge in [0.05, 0.1) is 19.4 Å². The monoisotopic (exact) mass is 305 g/mol. The number of amides is 1. The SMILES string of the molecule is COCc1ccc(C(=O)Nc2cc(Cl)ccc2OC)cc1. The fraction of sp³-hybridized carbons (Fsp3) is 0.188. The van der Waals surface area contributed by atoms with Gasteiger partial charge in [-0.05, 0) is 35.9 Å². The van der Waals surface area contributed by atoms with Crippen LogP contribution in [0.4, 0.5) is 5.69 Å². The van der Waals surface area contributed by atoms with Crippen molar-refractivity contribution in [1.82, 2.24) is 0 Å². The number of hydrogen-bond acceptors (Lipinski definition) is 3. The van der Waals surface area contributed by atoms with Crippen molar-refractivity contribution >= 4 is 23.2 Å². The van der Waals surface area contributed by atoms with Crippen LogP contribution in [-0.4, -0.2) is 20.1 Å². The summed E-state index contributed by atoms with van der Waals surface area (Å²) in [7, 11) is 3.17. The normalized spacial score (nSPS) is 10.2. The molecule has 0 aliphatic heterocycles. The second-order valence-corrected chi connectivity index (χ2v) is 4.87. The highest BCUT2D eigenvalue weighted by Crippen LogP contribution is 2.28. The molecule has 0 saturated heterocycles. The van der Waals surface area contributed by atoms with Gasteiger partial charge in [-0.15, -0.1) is 0 Å². The van der Waals surface area contributed by atoms with E-state index in [2.05, 4.69) is 5.32 Å². The van der Waals surface area contributed by atoms with E-state index in [4.69, 9.17) is 21.1 Å². The lowest BCUT2D eigenvalue weighted by Gasteiger charge is -2.11. The van der Waals surface area contributed by atoms with E-state index in [0.29, 0.717) is 28.6 Å². The Hall–Kier alpha value is -2.04. The van der Waals surface area contributed by atoms with Gasteiger partial charge in [0.15, 0.2) is 0 Å². The van der Waals surface area contributed by atoms with Crippen LogP contribution in [0.2, 0.25) is 5.02 Å². The molecule has 0 unspecified atom stereocenters. The molecule has 0 radical (unpaired) electrons. The van der Waals surface area contributed by atoms with Crippen LogP contribution in [0.3, 0.4) is 0 Å². The highest BCUT2D eigenvalue weighted by molar-refractivity contribution is 6.31. The quantitative estimate of drug-likeness (QED) is 0.915. The Balaban J connectivity index is 2.15. The average molecular weight is 306 g/mol. The fourth-order valence-electron chi connectivity index (χ4n) is 1.89. The summed E-state index contributed by atoms with van der Waals surface area (Å²) in [5, 5.41) is 3.32. The van der Waals surface area contributed by atoms with Gasteiger partial charge in [0.25, 0.3) is 5.91 Å². The predicted molar refractivity (Wildman–Crippen MR) is 83.1 cm³/mol. The largest absolute Gasteiger partial charge is 0.495 e. The van der Waals surface area contributed by atoms with Crippen LogP contribution in [0.25, 0.3) is 0 Å². The summed E-state index contributed by atoms with van der Waals surface area (Å²) in [6, 6.07) is 12.3. The first kappa shape index (κ1) is 15.4. The molecule has 2 rings (SSSR count). The Morgan fingerprint density at radius 1 is 1.14 bits per heavy atom. The molecule has 2 aromatic carbocycles. The van der Waals surface area contributed by atoms with Crippen LogP contribution in [0, 0.1) is 0 Å². The van der Waals surface area contributed by atoms with Crippen LogP contribution in [-0.2, 0) is 11.3 Å². The lowest BCUT2D eigenvalue weighted by Crippen LogP contribution is -2.12. The Labute approximate surface area is 128 Å². The first-order valence-electron chi connectivity index (χ1n) is 6.37. The van der Waals surface area contributed by atoms with E-state index in [0.717, 1.165) is 5.56 Å². The predicted octanol–water partition coefficient (Wildman–Crippen LogP) is 3.75. The summed E-state index contributed by atoms with van der Waals surface area (Å²) in [4.78, 5) is 12.2. The third-order valence-corrected chi connectivity index (χ3v) is 3.17. The van der Waals surface area contributed by atoms with Crippen molar-refractivity contribution in [3.63, 3.8) is 0 Å². The van der Waals surface area contributed by atoms with E-state index in [1.807, 2.05) is 12.1 Å². The molecule has 21 heavy (non-hydrogen) atoms. The summed E-state index contributed by atoms with van der Waals surface area (Å²) >= 11 is 5.94. The maximum atomic E-state index is 12.2. The van der Waals surface area contributed by atoms with Crippen LogP contribution < -0.4 is 10.1 Å². The summed E-state index contributed by atoms with van der Waals surface area (Å²) in [6.45, 7) is 0.518. The van der Waals surface area contributed by atoms with Gasteiger partial charge in [0.1, 0.15) is 5.75 Å². The second kappa shape index (κ2) is 7.11. The minimum absolute atomic E-state index is 0.223. The average Bonchev–Trinajstić information content (AvgIpc) is 2.48. The zero-order valence-electron chi connectivity index (χ0n) is 11.9. The summed E-state index contributed by atoms with van der Waals surface area (Å²) < 4.78 is 10.2. The van der Waals surface area contributed by atoms with Gasteiger partial charge in [-0.1, -0.05) is 23.7 Å². The number of halogens is 1. The van der Waals surface area contributed by atoms with E-state index in [-0.39, 0.29) is 5.91 Å². The number of carbonyl (C=O) groups excluding carboxylic acids is 1. The summed E-state index contributed by atoms with van der Waals surface area (Å²) in [5.74, 6) is 0.336. The number of ether oxygens (including phenoxy) is 2. The smallest absolute Gasteiger partial charge is 0.255 e. The van der Waals surface area contributed by atoms with Crippen molar-refractivity contribution in [2.45, 2.75) is 6.61 Å². The molecular formula is C16H16ClNO3. The zero-order valence-corrected chi connectivity index (χ0v) is 12.6. The third kappa shape index (κ3) is 3.97. The van der Waals surface area contributed by atoms with E-state index in [1.54, 1.807) is 44.6 Å². The Morgan fingerprint density at radius 3 is 2.48 bits per heavy atom. The number of rotatable bonds is 5. The topological polar surface area (TPSA) is 47.6 Å². The standard InChI is InChI=1S/C16H16ClNO3/c1-20-10-11-3-5-12(6-4-11)16(19)18-14-9-13(17)7-8-15(14)21-2/h3-9H,10H2,1-2H3,(H,18,19). The second-order valence-electron chi connectivity index (χ2n) is 4.43. The molecule has 0 saturated carbocycles.